The molecular formula is C23H22BrN3O7. The number of hydrogen-bond donors (Lipinski definition) is 5. The number of benzene rings is 3. The van der Waals surface area contributed by atoms with E-state index in [0.29, 0.717) is 11.4 Å². The monoisotopic (exact) mass is 531 g/mol. The van der Waals surface area contributed by atoms with Crippen molar-refractivity contribution in [2.75, 3.05) is 30.6 Å². The molecule has 0 fully saturated rings. The van der Waals surface area contributed by atoms with Crippen LogP contribution in [-0.4, -0.2) is 42.4 Å². The van der Waals surface area contributed by atoms with Gasteiger partial charge in [0.1, 0.15) is 11.1 Å². The number of carbonyl (C=O) groups excluding carboxylic acids is 1. The van der Waals surface area contributed by atoms with Crippen LogP contribution in [-0.2, 0) is 0 Å². The van der Waals surface area contributed by atoms with Crippen LogP contribution in [0.1, 0.15) is 20.7 Å². The minimum absolute atomic E-state index is 0.0267. The lowest BCUT2D eigenvalue weighted by atomic mass is 10.1. The molecule has 0 saturated carbocycles. The van der Waals surface area contributed by atoms with Crippen LogP contribution in [0.25, 0.3) is 0 Å². The number of rotatable bonds is 6. The number of nitrogens with one attached hydrogen (secondary N) is 2. The van der Waals surface area contributed by atoms with E-state index in [1.807, 2.05) is 6.07 Å². The molecule has 0 heterocycles. The second-order valence-electron chi connectivity index (χ2n) is 6.48. The van der Waals surface area contributed by atoms with Gasteiger partial charge in [-0.05, 0) is 52.3 Å². The maximum atomic E-state index is 12.0. The summed E-state index contributed by atoms with van der Waals surface area (Å²) in [4.78, 5) is 33.8. The summed E-state index contributed by atoms with van der Waals surface area (Å²) in [6.07, 6.45) is 0. The number of ether oxygens (including phenoxy) is 2. The van der Waals surface area contributed by atoms with E-state index in [9.17, 15) is 14.4 Å². The van der Waals surface area contributed by atoms with Gasteiger partial charge in [-0.2, -0.15) is 0 Å². The maximum absolute atomic E-state index is 12.0. The third-order valence-corrected chi connectivity index (χ3v) is 4.99. The maximum Gasteiger partial charge on any atom is 0.339 e. The van der Waals surface area contributed by atoms with Gasteiger partial charge >= 0.3 is 18.0 Å². The topological polar surface area (TPSA) is 160 Å². The number of anilines is 3. The molecule has 11 heteroatoms. The van der Waals surface area contributed by atoms with E-state index >= 15 is 0 Å². The standard InChI is InChI=1S/C15H13BrN2O4.C8H9NO3/c1-22-13-9(14(19)20)5-4-8-12(13)18-15(21)17-11-7-3-2-6-10(11)16;1-12-7-5(8(10)11)3-2-4-6(7)9/h2-8H,1H3,(H,19,20)(H2,17,18,21);2-4H,9H2,1H3,(H,10,11). The predicted molar refractivity (Wildman–Crippen MR) is 131 cm³/mol. The minimum atomic E-state index is -1.13. The van der Waals surface area contributed by atoms with E-state index in [2.05, 4.69) is 26.6 Å². The molecule has 178 valence electrons. The van der Waals surface area contributed by atoms with Gasteiger partial charge in [-0.1, -0.05) is 24.3 Å². The zero-order valence-corrected chi connectivity index (χ0v) is 19.8. The molecule has 0 aliphatic rings. The second-order valence-corrected chi connectivity index (χ2v) is 7.34. The number of urea groups is 1. The van der Waals surface area contributed by atoms with E-state index in [-0.39, 0.29) is 28.3 Å². The summed E-state index contributed by atoms with van der Waals surface area (Å²) in [6.45, 7) is 0. The van der Waals surface area contributed by atoms with Gasteiger partial charge in [0.05, 0.1) is 31.3 Å². The van der Waals surface area contributed by atoms with Crippen molar-refractivity contribution in [2.24, 2.45) is 0 Å². The number of para-hydroxylation sites is 3. The van der Waals surface area contributed by atoms with Crippen molar-refractivity contribution >= 4 is 51.0 Å². The number of carboxylic acid groups (broad SMARTS) is 2. The fourth-order valence-corrected chi connectivity index (χ4v) is 3.20. The van der Waals surface area contributed by atoms with Gasteiger partial charge in [0.25, 0.3) is 0 Å². The number of carboxylic acids is 2. The van der Waals surface area contributed by atoms with Gasteiger partial charge < -0.3 is 36.1 Å². The fraction of sp³-hybridized carbons (Fsp3) is 0.0870. The molecule has 0 aromatic heterocycles. The molecule has 3 aromatic rings. The fourth-order valence-electron chi connectivity index (χ4n) is 2.81. The Kier molecular flexibility index (Phi) is 9.27. The molecule has 2 amide bonds. The van der Waals surface area contributed by atoms with Crippen molar-refractivity contribution in [1.82, 2.24) is 0 Å². The Morgan fingerprint density at radius 2 is 1.26 bits per heavy atom. The molecule has 3 aromatic carbocycles. The number of aromatic carboxylic acids is 2. The van der Waals surface area contributed by atoms with E-state index in [4.69, 9.17) is 25.4 Å². The quantitative estimate of drug-likeness (QED) is 0.284. The number of halogens is 1. The second kappa shape index (κ2) is 12.1. The van der Waals surface area contributed by atoms with Crippen molar-refractivity contribution in [1.29, 1.82) is 0 Å². The van der Waals surface area contributed by atoms with E-state index in [1.165, 1.54) is 32.4 Å². The molecule has 0 bridgehead atoms. The number of nitrogen functional groups attached to an aromatic ring is 1. The van der Waals surface area contributed by atoms with Crippen LogP contribution >= 0.6 is 15.9 Å². The first-order chi connectivity index (χ1) is 16.2. The number of nitrogens with two attached hydrogens (primary N) is 1. The van der Waals surface area contributed by atoms with E-state index < -0.39 is 18.0 Å². The first kappa shape index (κ1) is 26.0. The van der Waals surface area contributed by atoms with Crippen LogP contribution < -0.4 is 25.8 Å². The molecule has 34 heavy (non-hydrogen) atoms. The van der Waals surface area contributed by atoms with E-state index in [1.54, 1.807) is 36.4 Å². The van der Waals surface area contributed by atoms with Crippen LogP contribution in [0.4, 0.5) is 21.9 Å². The molecule has 3 rings (SSSR count). The highest BCUT2D eigenvalue weighted by Crippen LogP contribution is 2.29. The largest absolute Gasteiger partial charge is 0.494 e. The molecular weight excluding hydrogens is 510 g/mol. The Bertz CT molecular complexity index is 1200. The number of methoxy groups -OCH3 is 2. The van der Waals surface area contributed by atoms with Gasteiger partial charge in [0.15, 0.2) is 11.5 Å². The summed E-state index contributed by atoms with van der Waals surface area (Å²) in [7, 11) is 2.73. The Morgan fingerprint density at radius 1 is 0.765 bits per heavy atom. The highest BCUT2D eigenvalue weighted by Gasteiger charge is 2.16. The van der Waals surface area contributed by atoms with Gasteiger partial charge in [0.2, 0.25) is 0 Å². The van der Waals surface area contributed by atoms with Crippen LogP contribution in [0.3, 0.4) is 0 Å². The summed E-state index contributed by atoms with van der Waals surface area (Å²) >= 11 is 3.32. The molecule has 0 atom stereocenters. The normalized spacial score (nSPS) is 9.74. The van der Waals surface area contributed by atoms with Crippen molar-refractivity contribution in [3.63, 3.8) is 0 Å². The molecule has 0 unspecified atom stereocenters. The SMILES string of the molecule is COc1c(N)cccc1C(=O)O.COc1c(NC(=O)Nc2ccccc2Br)cccc1C(=O)O. The molecule has 0 radical (unpaired) electrons. The van der Waals surface area contributed by atoms with E-state index in [0.717, 1.165) is 4.47 Å². The highest BCUT2D eigenvalue weighted by molar-refractivity contribution is 9.10. The van der Waals surface area contributed by atoms with Gasteiger partial charge in [-0.3, -0.25) is 0 Å². The van der Waals surface area contributed by atoms with Crippen molar-refractivity contribution in [3.8, 4) is 11.5 Å². The number of amides is 2. The van der Waals surface area contributed by atoms with Crippen LogP contribution in [0.2, 0.25) is 0 Å². The molecule has 0 aliphatic carbocycles. The van der Waals surface area contributed by atoms with Gasteiger partial charge in [-0.15, -0.1) is 0 Å². The van der Waals surface area contributed by atoms with Crippen LogP contribution in [0, 0.1) is 0 Å². The summed E-state index contributed by atoms with van der Waals surface area (Å²) in [5.74, 6) is -1.87. The summed E-state index contributed by atoms with van der Waals surface area (Å²) in [6, 6.07) is 15.7. The average molecular weight is 532 g/mol. The summed E-state index contributed by atoms with van der Waals surface area (Å²) < 4.78 is 10.6. The first-order valence-corrected chi connectivity index (χ1v) is 10.4. The first-order valence-electron chi connectivity index (χ1n) is 9.58. The summed E-state index contributed by atoms with van der Waals surface area (Å²) in [5, 5.41) is 23.0. The number of carbonyl (C=O) groups is 3. The molecule has 0 spiro atoms. The molecule has 10 nitrogen and oxygen atoms in total. The van der Waals surface area contributed by atoms with Gasteiger partial charge in [-0.25, -0.2) is 14.4 Å². The smallest absolute Gasteiger partial charge is 0.339 e. The zero-order chi connectivity index (χ0) is 25.3. The van der Waals surface area contributed by atoms with Crippen LogP contribution in [0.5, 0.6) is 11.5 Å². The third kappa shape index (κ3) is 6.62. The lowest BCUT2D eigenvalue weighted by molar-refractivity contribution is 0.0682. The highest BCUT2D eigenvalue weighted by atomic mass is 79.9. The Labute approximate surface area is 203 Å². The minimum Gasteiger partial charge on any atom is -0.494 e. The zero-order valence-electron chi connectivity index (χ0n) is 18.2. The lowest BCUT2D eigenvalue weighted by Crippen LogP contribution is -2.20. The number of hydrogen-bond acceptors (Lipinski definition) is 6. The lowest BCUT2D eigenvalue weighted by Gasteiger charge is -2.13. The molecule has 6 N–H and O–H groups in total. The average Bonchev–Trinajstić information content (AvgIpc) is 2.80. The van der Waals surface area contributed by atoms with Gasteiger partial charge in [0, 0.05) is 4.47 Å². The Hall–Kier alpha value is -4.25. The third-order valence-electron chi connectivity index (χ3n) is 4.30. The van der Waals surface area contributed by atoms with Crippen molar-refractivity contribution in [3.05, 3.63) is 76.3 Å². The summed E-state index contributed by atoms with van der Waals surface area (Å²) in [5.41, 5.74) is 6.73. The van der Waals surface area contributed by atoms with Crippen molar-refractivity contribution in [2.45, 2.75) is 0 Å². The molecule has 0 saturated heterocycles. The Morgan fingerprint density at radius 3 is 1.79 bits per heavy atom. The predicted octanol–water partition coefficient (Wildman–Crippen LogP) is 4.78. The Balaban J connectivity index is 0.000000287. The van der Waals surface area contributed by atoms with Crippen molar-refractivity contribution < 1.29 is 34.1 Å². The van der Waals surface area contributed by atoms with Crippen LogP contribution in [0.15, 0.2) is 65.1 Å². The molecule has 0 aliphatic heterocycles.